The van der Waals surface area contributed by atoms with E-state index in [9.17, 15) is 22.8 Å². The quantitative estimate of drug-likeness (QED) is 0.747. The highest BCUT2D eigenvalue weighted by atomic mass is 19.4. The monoisotopic (exact) mass is 296 g/mol. The van der Waals surface area contributed by atoms with E-state index in [2.05, 4.69) is 5.32 Å². The number of carboxylic acids is 1. The van der Waals surface area contributed by atoms with Crippen molar-refractivity contribution in [3.63, 3.8) is 0 Å². The molecule has 8 heteroatoms. The molecule has 0 aromatic heterocycles. The number of aliphatic carboxylic acids is 1. The van der Waals surface area contributed by atoms with Crippen LogP contribution in [0.5, 0.6) is 0 Å². The smallest absolute Gasteiger partial charge is 0.422 e. The van der Waals surface area contributed by atoms with Gasteiger partial charge in [0.15, 0.2) is 0 Å². The molecule has 1 saturated carbocycles. The Kier molecular flexibility index (Phi) is 4.88. The zero-order chi connectivity index (χ0) is 15.6. The Labute approximate surface area is 114 Å². The normalized spacial score (nSPS) is 26.4. The molecule has 0 aliphatic heterocycles. The van der Waals surface area contributed by atoms with E-state index in [0.717, 1.165) is 12.8 Å². The molecule has 3 N–H and O–H groups in total. The second-order valence-electron chi connectivity index (χ2n) is 5.50. The molecule has 0 heterocycles. The number of halogens is 3. The van der Waals surface area contributed by atoms with Crippen LogP contribution in [0.3, 0.4) is 0 Å². The van der Waals surface area contributed by atoms with Crippen LogP contribution >= 0.6 is 0 Å². The molecule has 1 aliphatic carbocycles. The zero-order valence-corrected chi connectivity index (χ0v) is 11.4. The number of urea groups is 1. The number of carboxylic acid groups (broad SMARTS) is 1. The predicted molar refractivity (Wildman–Crippen MR) is 65.2 cm³/mol. The molecular formula is C12H19F3N2O3. The number of amides is 2. The molecule has 3 unspecified atom stereocenters. The fourth-order valence-corrected chi connectivity index (χ4v) is 2.26. The van der Waals surface area contributed by atoms with Gasteiger partial charge in [0.05, 0.1) is 0 Å². The van der Waals surface area contributed by atoms with Gasteiger partial charge in [-0.15, -0.1) is 0 Å². The van der Waals surface area contributed by atoms with Crippen molar-refractivity contribution in [2.45, 2.75) is 57.3 Å². The van der Waals surface area contributed by atoms with Crippen LogP contribution < -0.4 is 10.6 Å². The van der Waals surface area contributed by atoms with E-state index in [1.807, 2.05) is 6.92 Å². The number of hydrogen-bond donors (Lipinski definition) is 3. The first kappa shape index (κ1) is 16.6. The average Bonchev–Trinajstić information content (AvgIpc) is 2.26. The molecule has 116 valence electrons. The summed E-state index contributed by atoms with van der Waals surface area (Å²) < 4.78 is 38.2. The summed E-state index contributed by atoms with van der Waals surface area (Å²) in [7, 11) is 0. The third-order valence-electron chi connectivity index (χ3n) is 3.63. The van der Waals surface area contributed by atoms with Crippen LogP contribution in [0.2, 0.25) is 0 Å². The summed E-state index contributed by atoms with van der Waals surface area (Å²) in [4.78, 5) is 22.4. The molecule has 2 amide bonds. The third kappa shape index (κ3) is 3.77. The number of nitrogens with one attached hydrogen (secondary N) is 2. The lowest BCUT2D eigenvalue weighted by atomic mass is 9.87. The first-order valence-electron chi connectivity index (χ1n) is 6.45. The van der Waals surface area contributed by atoms with E-state index in [1.54, 1.807) is 0 Å². The summed E-state index contributed by atoms with van der Waals surface area (Å²) in [6.07, 6.45) is -1.79. The van der Waals surface area contributed by atoms with Gasteiger partial charge in [0.1, 0.15) is 0 Å². The largest absolute Gasteiger partial charge is 0.479 e. The minimum absolute atomic E-state index is 0.218. The first-order chi connectivity index (χ1) is 9.06. The highest BCUT2D eigenvalue weighted by Gasteiger charge is 2.58. The Balaban J connectivity index is 2.66. The van der Waals surface area contributed by atoms with Gasteiger partial charge in [0, 0.05) is 6.04 Å². The van der Waals surface area contributed by atoms with Crippen molar-refractivity contribution in [2.75, 3.05) is 0 Å². The number of carbonyl (C=O) groups excluding carboxylic acids is 1. The summed E-state index contributed by atoms with van der Waals surface area (Å²) in [5.41, 5.74) is -3.29. The molecule has 0 saturated heterocycles. The third-order valence-corrected chi connectivity index (χ3v) is 3.63. The van der Waals surface area contributed by atoms with Gasteiger partial charge in [-0.3, -0.25) is 0 Å². The molecule has 3 atom stereocenters. The van der Waals surface area contributed by atoms with Crippen molar-refractivity contribution in [1.29, 1.82) is 0 Å². The number of rotatable bonds is 3. The van der Waals surface area contributed by atoms with Crippen molar-refractivity contribution in [3.8, 4) is 0 Å². The van der Waals surface area contributed by atoms with E-state index in [4.69, 9.17) is 5.11 Å². The Morgan fingerprint density at radius 2 is 1.85 bits per heavy atom. The van der Waals surface area contributed by atoms with Gasteiger partial charge in [0.2, 0.25) is 5.54 Å². The fourth-order valence-electron chi connectivity index (χ4n) is 2.26. The molecule has 0 bridgehead atoms. The lowest BCUT2D eigenvalue weighted by Crippen LogP contribution is -2.64. The van der Waals surface area contributed by atoms with Gasteiger partial charge in [-0.05, 0) is 25.7 Å². The van der Waals surface area contributed by atoms with Crippen molar-refractivity contribution in [2.24, 2.45) is 5.92 Å². The average molecular weight is 296 g/mol. The topological polar surface area (TPSA) is 78.4 Å². The molecule has 20 heavy (non-hydrogen) atoms. The van der Waals surface area contributed by atoms with Gasteiger partial charge < -0.3 is 15.7 Å². The fraction of sp³-hybridized carbons (Fsp3) is 0.833. The molecule has 0 aromatic carbocycles. The highest BCUT2D eigenvalue weighted by Crippen LogP contribution is 2.30. The SMILES string of the molecule is CC1CCCC(NC(=O)NC(C)(C(=O)O)C(F)(F)F)C1. The lowest BCUT2D eigenvalue weighted by Gasteiger charge is -2.31. The van der Waals surface area contributed by atoms with Crippen LogP contribution in [0.25, 0.3) is 0 Å². The van der Waals surface area contributed by atoms with Crippen LogP contribution in [0.1, 0.15) is 39.5 Å². The van der Waals surface area contributed by atoms with Gasteiger partial charge in [-0.25, -0.2) is 9.59 Å². The van der Waals surface area contributed by atoms with E-state index in [1.165, 1.54) is 5.32 Å². The number of alkyl halides is 3. The summed E-state index contributed by atoms with van der Waals surface area (Å²) in [5.74, 6) is -1.75. The van der Waals surface area contributed by atoms with Crippen molar-refractivity contribution in [3.05, 3.63) is 0 Å². The highest BCUT2D eigenvalue weighted by molar-refractivity contribution is 5.86. The molecule has 5 nitrogen and oxygen atoms in total. The van der Waals surface area contributed by atoms with Crippen molar-refractivity contribution < 1.29 is 27.9 Å². The maximum absolute atomic E-state index is 12.7. The maximum atomic E-state index is 12.7. The summed E-state index contributed by atoms with van der Waals surface area (Å²) in [6, 6.07) is -1.32. The molecule has 0 radical (unpaired) electrons. The summed E-state index contributed by atoms with van der Waals surface area (Å²) in [5, 5.41) is 12.6. The molecule has 0 spiro atoms. The van der Waals surface area contributed by atoms with Crippen LogP contribution in [0.4, 0.5) is 18.0 Å². The van der Waals surface area contributed by atoms with Crippen LogP contribution in [-0.2, 0) is 4.79 Å². The standard InChI is InChI=1S/C12H19F3N2O3/c1-7-4-3-5-8(6-7)16-10(20)17-11(2,9(18)19)12(13,14)15/h7-8H,3-6H2,1-2H3,(H,18,19)(H2,16,17,20). The van der Waals surface area contributed by atoms with E-state index >= 15 is 0 Å². The summed E-state index contributed by atoms with van der Waals surface area (Å²) in [6.45, 7) is 2.43. The zero-order valence-electron chi connectivity index (χ0n) is 11.4. The van der Waals surface area contributed by atoms with Crippen LogP contribution in [0.15, 0.2) is 0 Å². The Bertz CT molecular complexity index is 387. The minimum Gasteiger partial charge on any atom is -0.479 e. The number of carbonyl (C=O) groups is 2. The minimum atomic E-state index is -5.07. The first-order valence-corrected chi connectivity index (χ1v) is 6.45. The molecule has 1 aliphatic rings. The molecule has 1 fully saturated rings. The van der Waals surface area contributed by atoms with Crippen LogP contribution in [0, 0.1) is 5.92 Å². The number of hydrogen-bond acceptors (Lipinski definition) is 2. The van der Waals surface area contributed by atoms with E-state index in [-0.39, 0.29) is 6.04 Å². The van der Waals surface area contributed by atoms with Gasteiger partial charge in [-0.1, -0.05) is 19.8 Å². The Morgan fingerprint density at radius 1 is 1.25 bits per heavy atom. The Morgan fingerprint density at radius 3 is 2.30 bits per heavy atom. The lowest BCUT2D eigenvalue weighted by molar-refractivity contribution is -0.203. The molecule has 1 rings (SSSR count). The second kappa shape index (κ2) is 5.88. The van der Waals surface area contributed by atoms with Gasteiger partial charge in [-0.2, -0.15) is 13.2 Å². The summed E-state index contributed by atoms with van der Waals surface area (Å²) >= 11 is 0. The Hall–Kier alpha value is -1.47. The van der Waals surface area contributed by atoms with Gasteiger partial charge in [0.25, 0.3) is 0 Å². The van der Waals surface area contributed by atoms with Crippen molar-refractivity contribution in [1.82, 2.24) is 10.6 Å². The van der Waals surface area contributed by atoms with E-state index in [0.29, 0.717) is 25.7 Å². The van der Waals surface area contributed by atoms with Crippen LogP contribution in [-0.4, -0.2) is 34.9 Å². The predicted octanol–water partition coefficient (Wildman–Crippen LogP) is 2.27. The molecular weight excluding hydrogens is 277 g/mol. The second-order valence-corrected chi connectivity index (χ2v) is 5.50. The van der Waals surface area contributed by atoms with E-state index < -0.39 is 23.7 Å². The van der Waals surface area contributed by atoms with Gasteiger partial charge >= 0.3 is 18.2 Å². The maximum Gasteiger partial charge on any atom is 0.422 e. The molecule has 0 aromatic rings. The van der Waals surface area contributed by atoms with Crippen molar-refractivity contribution >= 4 is 12.0 Å².